The lowest BCUT2D eigenvalue weighted by molar-refractivity contribution is 0.312. The van der Waals surface area contributed by atoms with Gasteiger partial charge in [0.25, 0.3) is 0 Å². The Hall–Kier alpha value is -2.93. The highest BCUT2D eigenvalue weighted by molar-refractivity contribution is 5.62. The largest absolute Gasteiger partial charge is 0.380 e. The molecule has 26 heavy (non-hydrogen) atoms. The molecule has 1 aliphatic heterocycles. The number of rotatable bonds is 5. The molecule has 3 aromatic rings. The molecule has 0 unspecified atom stereocenters. The monoisotopic (exact) mass is 349 g/mol. The van der Waals surface area contributed by atoms with Crippen molar-refractivity contribution in [2.75, 3.05) is 43.4 Å². The predicted octanol–water partition coefficient (Wildman–Crippen LogP) is 2.23. The third-order valence-electron chi connectivity index (χ3n) is 4.73. The second kappa shape index (κ2) is 7.53. The van der Waals surface area contributed by atoms with E-state index in [1.54, 1.807) is 6.20 Å². The third-order valence-corrected chi connectivity index (χ3v) is 4.73. The fraction of sp³-hybridized carbons (Fsp3) is 0.316. The molecule has 1 fully saturated rings. The Balaban J connectivity index is 1.39. The minimum absolute atomic E-state index is 0.677. The van der Waals surface area contributed by atoms with Gasteiger partial charge in [0.05, 0.1) is 23.8 Å². The second-order valence-electron chi connectivity index (χ2n) is 6.56. The number of nitrogens with one attached hydrogen (secondary N) is 2. The summed E-state index contributed by atoms with van der Waals surface area (Å²) in [6.45, 7) is 4.90. The Bertz CT molecular complexity index is 821. The van der Waals surface area contributed by atoms with E-state index in [0.29, 0.717) is 6.54 Å². The van der Waals surface area contributed by atoms with E-state index in [0.717, 1.165) is 54.5 Å². The summed E-state index contributed by atoms with van der Waals surface area (Å²) >= 11 is 0. The smallest absolute Gasteiger partial charge is 0.128 e. The van der Waals surface area contributed by atoms with E-state index in [4.69, 9.17) is 0 Å². The molecule has 134 valence electrons. The molecule has 3 aromatic heterocycles. The molecule has 2 N–H and O–H groups in total. The van der Waals surface area contributed by atoms with Gasteiger partial charge in [0.1, 0.15) is 5.82 Å². The molecule has 0 saturated carbocycles. The summed E-state index contributed by atoms with van der Waals surface area (Å²) < 4.78 is 0. The van der Waals surface area contributed by atoms with Crippen LogP contribution in [0.25, 0.3) is 11.3 Å². The standard InChI is InChI=1S/C19H23N7/c1-25-7-9-26(10-8-25)18-5-4-17(14-22-18)21-12-16-13-23-24-19(16)15-3-2-6-20-11-15/h2-6,11,13-14,21H,7-10,12H2,1H3,(H,23,24). The summed E-state index contributed by atoms with van der Waals surface area (Å²) in [5.74, 6) is 1.04. The summed E-state index contributed by atoms with van der Waals surface area (Å²) in [4.78, 5) is 13.5. The van der Waals surface area contributed by atoms with Gasteiger partial charge in [-0.3, -0.25) is 10.1 Å². The van der Waals surface area contributed by atoms with Crippen LogP contribution in [0.4, 0.5) is 11.5 Å². The summed E-state index contributed by atoms with van der Waals surface area (Å²) in [5, 5.41) is 10.7. The molecule has 4 rings (SSSR count). The molecule has 0 atom stereocenters. The van der Waals surface area contributed by atoms with Crippen molar-refractivity contribution in [2.24, 2.45) is 0 Å². The molecule has 0 aromatic carbocycles. The van der Waals surface area contributed by atoms with E-state index in [2.05, 4.69) is 54.5 Å². The van der Waals surface area contributed by atoms with Crippen LogP contribution in [0.5, 0.6) is 0 Å². The van der Waals surface area contributed by atoms with Gasteiger partial charge in [-0.25, -0.2) is 4.98 Å². The molecule has 7 heteroatoms. The summed E-state index contributed by atoms with van der Waals surface area (Å²) in [5.41, 5.74) is 4.13. The third kappa shape index (κ3) is 3.67. The Morgan fingerprint density at radius 2 is 1.96 bits per heavy atom. The van der Waals surface area contributed by atoms with Gasteiger partial charge in [-0.15, -0.1) is 0 Å². The first kappa shape index (κ1) is 16.5. The van der Waals surface area contributed by atoms with E-state index in [1.807, 2.05) is 30.7 Å². The quantitative estimate of drug-likeness (QED) is 0.736. The number of piperazine rings is 1. The van der Waals surface area contributed by atoms with Crippen molar-refractivity contribution in [3.63, 3.8) is 0 Å². The van der Waals surface area contributed by atoms with E-state index in [1.165, 1.54) is 0 Å². The van der Waals surface area contributed by atoms with E-state index < -0.39 is 0 Å². The number of hydrogen-bond donors (Lipinski definition) is 2. The molecule has 0 spiro atoms. The first-order chi connectivity index (χ1) is 12.8. The van der Waals surface area contributed by atoms with Gasteiger partial charge in [-0.2, -0.15) is 5.10 Å². The van der Waals surface area contributed by atoms with Gasteiger partial charge < -0.3 is 15.1 Å². The van der Waals surface area contributed by atoms with Crippen molar-refractivity contribution in [3.05, 3.63) is 54.6 Å². The number of hydrogen-bond acceptors (Lipinski definition) is 6. The van der Waals surface area contributed by atoms with E-state index >= 15 is 0 Å². The molecular formula is C19H23N7. The van der Waals surface area contributed by atoms with Crippen molar-refractivity contribution >= 4 is 11.5 Å². The highest BCUT2D eigenvalue weighted by Crippen LogP contribution is 2.21. The Labute approximate surface area is 153 Å². The van der Waals surface area contributed by atoms with Gasteiger partial charge >= 0.3 is 0 Å². The predicted molar refractivity (Wildman–Crippen MR) is 103 cm³/mol. The van der Waals surface area contributed by atoms with Crippen molar-refractivity contribution in [1.29, 1.82) is 0 Å². The lowest BCUT2D eigenvalue weighted by atomic mass is 10.1. The maximum absolute atomic E-state index is 4.62. The molecule has 7 nitrogen and oxygen atoms in total. The number of aromatic amines is 1. The average Bonchev–Trinajstić information content (AvgIpc) is 3.17. The van der Waals surface area contributed by atoms with Gasteiger partial charge in [-0.05, 0) is 31.3 Å². The zero-order chi connectivity index (χ0) is 17.8. The summed E-state index contributed by atoms with van der Waals surface area (Å²) in [6, 6.07) is 8.13. The lowest BCUT2D eigenvalue weighted by Crippen LogP contribution is -2.44. The fourth-order valence-corrected chi connectivity index (χ4v) is 3.12. The molecule has 1 aliphatic rings. The molecule has 0 amide bonds. The first-order valence-corrected chi connectivity index (χ1v) is 8.85. The van der Waals surface area contributed by atoms with Gasteiger partial charge in [0.2, 0.25) is 0 Å². The molecule has 0 radical (unpaired) electrons. The number of pyridine rings is 2. The van der Waals surface area contributed by atoms with Crippen LogP contribution in [0, 0.1) is 0 Å². The Morgan fingerprint density at radius 3 is 2.69 bits per heavy atom. The summed E-state index contributed by atoms with van der Waals surface area (Å²) in [6.07, 6.45) is 7.35. The zero-order valence-electron chi connectivity index (χ0n) is 14.9. The van der Waals surface area contributed by atoms with Crippen LogP contribution >= 0.6 is 0 Å². The maximum Gasteiger partial charge on any atom is 0.128 e. The van der Waals surface area contributed by atoms with Gasteiger partial charge in [0, 0.05) is 56.2 Å². The normalized spacial score (nSPS) is 15.2. The SMILES string of the molecule is CN1CCN(c2ccc(NCc3cn[nH]c3-c3cccnc3)cn2)CC1. The van der Waals surface area contributed by atoms with Crippen LogP contribution in [0.2, 0.25) is 0 Å². The van der Waals surface area contributed by atoms with Crippen LogP contribution in [-0.2, 0) is 6.54 Å². The topological polar surface area (TPSA) is 73.0 Å². The Morgan fingerprint density at radius 1 is 1.08 bits per heavy atom. The highest BCUT2D eigenvalue weighted by atomic mass is 15.3. The van der Waals surface area contributed by atoms with Crippen molar-refractivity contribution < 1.29 is 0 Å². The van der Waals surface area contributed by atoms with Crippen LogP contribution in [-0.4, -0.2) is 58.3 Å². The molecule has 4 heterocycles. The van der Waals surface area contributed by atoms with Crippen LogP contribution in [0.15, 0.2) is 49.1 Å². The number of nitrogens with zero attached hydrogens (tertiary/aromatic N) is 5. The van der Waals surface area contributed by atoms with Crippen molar-refractivity contribution in [2.45, 2.75) is 6.54 Å². The second-order valence-corrected chi connectivity index (χ2v) is 6.56. The first-order valence-electron chi connectivity index (χ1n) is 8.85. The van der Waals surface area contributed by atoms with Crippen LogP contribution in [0.1, 0.15) is 5.56 Å². The molecular weight excluding hydrogens is 326 g/mol. The number of H-pyrrole nitrogens is 1. The van der Waals surface area contributed by atoms with E-state index in [9.17, 15) is 0 Å². The summed E-state index contributed by atoms with van der Waals surface area (Å²) in [7, 11) is 2.16. The number of anilines is 2. The van der Waals surface area contributed by atoms with Crippen molar-refractivity contribution in [1.82, 2.24) is 25.1 Å². The van der Waals surface area contributed by atoms with Crippen LogP contribution < -0.4 is 10.2 Å². The maximum atomic E-state index is 4.62. The minimum Gasteiger partial charge on any atom is -0.380 e. The van der Waals surface area contributed by atoms with Crippen LogP contribution in [0.3, 0.4) is 0 Å². The minimum atomic E-state index is 0.677. The average molecular weight is 349 g/mol. The van der Waals surface area contributed by atoms with Gasteiger partial charge in [0.15, 0.2) is 0 Å². The van der Waals surface area contributed by atoms with Crippen molar-refractivity contribution in [3.8, 4) is 11.3 Å². The lowest BCUT2D eigenvalue weighted by Gasteiger charge is -2.33. The zero-order valence-corrected chi connectivity index (χ0v) is 14.9. The van der Waals surface area contributed by atoms with Gasteiger partial charge in [-0.1, -0.05) is 0 Å². The molecule has 1 saturated heterocycles. The van der Waals surface area contributed by atoms with E-state index in [-0.39, 0.29) is 0 Å². The fourth-order valence-electron chi connectivity index (χ4n) is 3.12. The Kier molecular flexibility index (Phi) is 4.79. The highest BCUT2D eigenvalue weighted by Gasteiger charge is 2.15. The number of aromatic nitrogens is 4. The molecule has 0 aliphatic carbocycles. The molecule has 0 bridgehead atoms. The number of likely N-dealkylation sites (N-methyl/N-ethyl adjacent to an activating group) is 1.